The second-order valence-corrected chi connectivity index (χ2v) is 4.07. The molecule has 0 aliphatic heterocycles. The van der Waals surface area contributed by atoms with Gasteiger partial charge in [-0.25, -0.2) is 4.98 Å². The van der Waals surface area contributed by atoms with Crippen LogP contribution in [-0.2, 0) is 0 Å². The van der Waals surface area contributed by atoms with Gasteiger partial charge in [-0.3, -0.25) is 4.98 Å². The molecular weight excluding hydrogens is 220 g/mol. The molecule has 0 amide bonds. The van der Waals surface area contributed by atoms with Gasteiger partial charge in [0.15, 0.2) is 0 Å². The van der Waals surface area contributed by atoms with Crippen molar-refractivity contribution in [1.82, 2.24) is 9.97 Å². The molecular formula is C16H16N2. The fourth-order valence-electron chi connectivity index (χ4n) is 1.86. The number of allylic oxidation sites excluding steroid dienone is 5. The molecule has 90 valence electrons. The Morgan fingerprint density at radius 3 is 2.94 bits per heavy atom. The summed E-state index contributed by atoms with van der Waals surface area (Å²) in [6, 6.07) is 4.11. The van der Waals surface area contributed by atoms with Crippen molar-refractivity contribution in [2.24, 2.45) is 0 Å². The average molecular weight is 236 g/mol. The molecule has 2 aromatic rings. The molecule has 0 atom stereocenters. The highest BCUT2D eigenvalue weighted by molar-refractivity contribution is 5.83. The molecule has 0 fully saturated rings. The minimum absolute atomic E-state index is 0.909. The maximum atomic E-state index is 4.66. The van der Waals surface area contributed by atoms with E-state index in [1.165, 1.54) is 0 Å². The molecule has 0 bridgehead atoms. The predicted octanol–water partition coefficient (Wildman–Crippen LogP) is 4.08. The molecule has 2 heterocycles. The Morgan fingerprint density at radius 2 is 2.22 bits per heavy atom. The predicted molar refractivity (Wildman–Crippen MR) is 77.3 cm³/mol. The summed E-state index contributed by atoms with van der Waals surface area (Å²) in [4.78, 5) is 8.77. The first kappa shape index (κ1) is 12.2. The van der Waals surface area contributed by atoms with Crippen molar-refractivity contribution < 1.29 is 0 Å². The lowest BCUT2D eigenvalue weighted by atomic mass is 10.0. The van der Waals surface area contributed by atoms with Crippen LogP contribution in [0.25, 0.3) is 16.5 Å². The number of rotatable bonds is 3. The average Bonchev–Trinajstić information content (AvgIpc) is 2.40. The molecule has 18 heavy (non-hydrogen) atoms. The standard InChI is InChI=1S/C16H16N2/c1-4-6-7-13(5-2)16-12(3)10-14-8-9-17-11-15(14)18-16/h4-11H,2H2,1,3H3/b6-4-,13-7+. The van der Waals surface area contributed by atoms with Crippen LogP contribution in [0.3, 0.4) is 0 Å². The molecule has 2 heteroatoms. The van der Waals surface area contributed by atoms with Gasteiger partial charge in [-0.05, 0) is 37.1 Å². The van der Waals surface area contributed by atoms with Crippen molar-refractivity contribution in [3.63, 3.8) is 0 Å². The fourth-order valence-corrected chi connectivity index (χ4v) is 1.86. The van der Waals surface area contributed by atoms with Crippen LogP contribution in [0.5, 0.6) is 0 Å². The summed E-state index contributed by atoms with van der Waals surface area (Å²) in [6.07, 6.45) is 11.4. The number of hydrogen-bond acceptors (Lipinski definition) is 2. The van der Waals surface area contributed by atoms with E-state index < -0.39 is 0 Å². The molecule has 0 aliphatic rings. The Morgan fingerprint density at radius 1 is 1.39 bits per heavy atom. The van der Waals surface area contributed by atoms with Gasteiger partial charge in [0.05, 0.1) is 17.4 Å². The van der Waals surface area contributed by atoms with Gasteiger partial charge >= 0.3 is 0 Å². The maximum absolute atomic E-state index is 4.66. The second-order valence-electron chi connectivity index (χ2n) is 4.07. The highest BCUT2D eigenvalue weighted by Gasteiger charge is 2.05. The van der Waals surface area contributed by atoms with E-state index in [2.05, 4.69) is 29.5 Å². The van der Waals surface area contributed by atoms with Crippen LogP contribution in [0.15, 0.2) is 55.4 Å². The zero-order valence-corrected chi connectivity index (χ0v) is 10.7. The number of pyridine rings is 2. The molecule has 0 saturated carbocycles. The lowest BCUT2D eigenvalue weighted by molar-refractivity contribution is 1.25. The van der Waals surface area contributed by atoms with Crippen molar-refractivity contribution >= 4 is 16.5 Å². The lowest BCUT2D eigenvalue weighted by Crippen LogP contribution is -1.93. The summed E-state index contributed by atoms with van der Waals surface area (Å²) >= 11 is 0. The van der Waals surface area contributed by atoms with Gasteiger partial charge < -0.3 is 0 Å². The maximum Gasteiger partial charge on any atom is 0.0892 e. The molecule has 0 aliphatic carbocycles. The molecule has 0 radical (unpaired) electrons. The van der Waals surface area contributed by atoms with Crippen LogP contribution in [0.1, 0.15) is 18.2 Å². The Balaban J connectivity index is 2.63. The first-order valence-electron chi connectivity index (χ1n) is 5.93. The first-order valence-corrected chi connectivity index (χ1v) is 5.93. The normalized spacial score (nSPS) is 12.2. The van der Waals surface area contributed by atoms with Crippen LogP contribution in [-0.4, -0.2) is 9.97 Å². The summed E-state index contributed by atoms with van der Waals surface area (Å²) in [5.41, 5.74) is 4.04. The van der Waals surface area contributed by atoms with Crippen molar-refractivity contribution in [3.8, 4) is 0 Å². The SMILES string of the molecule is C=C/C(=C\C=C/C)c1nc2cnccc2cc1C. The summed E-state index contributed by atoms with van der Waals surface area (Å²) in [6.45, 7) is 7.91. The van der Waals surface area contributed by atoms with Gasteiger partial charge in [0.1, 0.15) is 0 Å². The molecule has 2 nitrogen and oxygen atoms in total. The van der Waals surface area contributed by atoms with E-state index in [4.69, 9.17) is 0 Å². The zero-order chi connectivity index (χ0) is 13.0. The van der Waals surface area contributed by atoms with Crippen LogP contribution < -0.4 is 0 Å². The van der Waals surface area contributed by atoms with Crippen LogP contribution in [0, 0.1) is 6.92 Å². The third kappa shape index (κ3) is 2.38. The summed E-state index contributed by atoms with van der Waals surface area (Å²) in [5, 5.41) is 1.11. The summed E-state index contributed by atoms with van der Waals surface area (Å²) in [5.74, 6) is 0. The topological polar surface area (TPSA) is 25.8 Å². The van der Waals surface area contributed by atoms with Gasteiger partial charge in [0.25, 0.3) is 0 Å². The third-order valence-electron chi connectivity index (χ3n) is 2.77. The molecule has 2 aromatic heterocycles. The summed E-state index contributed by atoms with van der Waals surface area (Å²) < 4.78 is 0. The monoisotopic (exact) mass is 236 g/mol. The first-order chi connectivity index (χ1) is 8.76. The number of nitrogens with zero attached hydrogens (tertiary/aromatic N) is 2. The van der Waals surface area contributed by atoms with E-state index in [9.17, 15) is 0 Å². The Labute approximate surface area is 107 Å². The van der Waals surface area contributed by atoms with Crippen molar-refractivity contribution in [1.29, 1.82) is 0 Å². The molecule has 0 spiro atoms. The third-order valence-corrected chi connectivity index (χ3v) is 2.77. The van der Waals surface area contributed by atoms with E-state index in [0.29, 0.717) is 0 Å². The molecule has 2 rings (SSSR count). The van der Waals surface area contributed by atoms with Crippen molar-refractivity contribution in [3.05, 3.63) is 66.7 Å². The number of aromatic nitrogens is 2. The highest BCUT2D eigenvalue weighted by Crippen LogP contribution is 2.22. The van der Waals surface area contributed by atoms with Crippen LogP contribution in [0.4, 0.5) is 0 Å². The number of hydrogen-bond donors (Lipinski definition) is 0. The minimum Gasteiger partial charge on any atom is -0.262 e. The number of aryl methyl sites for hydroxylation is 1. The lowest BCUT2D eigenvalue weighted by Gasteiger charge is -2.07. The van der Waals surface area contributed by atoms with Gasteiger partial charge in [0, 0.05) is 11.6 Å². The van der Waals surface area contributed by atoms with Gasteiger partial charge in [-0.1, -0.05) is 30.9 Å². The van der Waals surface area contributed by atoms with Crippen molar-refractivity contribution in [2.75, 3.05) is 0 Å². The van der Waals surface area contributed by atoms with E-state index in [0.717, 1.165) is 27.7 Å². The van der Waals surface area contributed by atoms with Gasteiger partial charge in [-0.15, -0.1) is 0 Å². The Hall–Kier alpha value is -2.22. The molecule has 0 aromatic carbocycles. The van der Waals surface area contributed by atoms with Crippen molar-refractivity contribution in [2.45, 2.75) is 13.8 Å². The highest BCUT2D eigenvalue weighted by atomic mass is 14.7. The zero-order valence-electron chi connectivity index (χ0n) is 10.7. The quantitative estimate of drug-likeness (QED) is 0.750. The fraction of sp³-hybridized carbons (Fsp3) is 0.125. The number of fused-ring (bicyclic) bond motifs is 1. The smallest absolute Gasteiger partial charge is 0.0892 e. The molecule has 0 saturated heterocycles. The van der Waals surface area contributed by atoms with E-state index >= 15 is 0 Å². The minimum atomic E-state index is 0.909. The van der Waals surface area contributed by atoms with Crippen LogP contribution >= 0.6 is 0 Å². The Kier molecular flexibility index (Phi) is 3.68. The van der Waals surface area contributed by atoms with E-state index in [1.54, 1.807) is 12.4 Å². The van der Waals surface area contributed by atoms with Crippen LogP contribution in [0.2, 0.25) is 0 Å². The Bertz CT molecular complexity index is 637. The van der Waals surface area contributed by atoms with E-state index in [-0.39, 0.29) is 0 Å². The summed E-state index contributed by atoms with van der Waals surface area (Å²) in [7, 11) is 0. The van der Waals surface area contributed by atoms with Gasteiger partial charge in [0.2, 0.25) is 0 Å². The molecule has 0 N–H and O–H groups in total. The van der Waals surface area contributed by atoms with E-state index in [1.807, 2.05) is 37.3 Å². The molecule has 0 unspecified atom stereocenters. The largest absolute Gasteiger partial charge is 0.262 e. The van der Waals surface area contributed by atoms with Gasteiger partial charge in [-0.2, -0.15) is 0 Å². The second kappa shape index (κ2) is 5.41.